The van der Waals surface area contributed by atoms with Crippen LogP contribution in [0.25, 0.3) is 0 Å². The largest absolute Gasteiger partial charge is 0.394 e. The van der Waals surface area contributed by atoms with E-state index in [1.54, 1.807) is 0 Å². The van der Waals surface area contributed by atoms with Crippen LogP contribution in [0, 0.1) is 0 Å². The molecule has 0 aromatic heterocycles. The zero-order valence-corrected chi connectivity index (χ0v) is 7.05. The zero-order valence-electron chi connectivity index (χ0n) is 6.24. The molecule has 0 bridgehead atoms. The summed E-state index contributed by atoms with van der Waals surface area (Å²) in [5.74, 6) is 0. The standard InChI is InChI=1S/C6H12O5S/c7-1-2(8)5-3(9)4(10)6(11)12-5/h2-11H,1H2/t2-,3-,4+,5-,6?/m1/s1. The fourth-order valence-electron chi connectivity index (χ4n) is 1.11. The van der Waals surface area contributed by atoms with E-state index >= 15 is 0 Å². The molecule has 0 aromatic rings. The molecule has 12 heavy (non-hydrogen) atoms. The van der Waals surface area contributed by atoms with Crippen molar-refractivity contribution in [3.8, 4) is 0 Å². The van der Waals surface area contributed by atoms with Gasteiger partial charge in [-0.05, 0) is 0 Å². The highest BCUT2D eigenvalue weighted by Gasteiger charge is 2.44. The van der Waals surface area contributed by atoms with Gasteiger partial charge in [0.1, 0.15) is 11.5 Å². The highest BCUT2D eigenvalue weighted by molar-refractivity contribution is 8.00. The lowest BCUT2D eigenvalue weighted by Gasteiger charge is -2.18. The molecule has 5 atom stereocenters. The van der Waals surface area contributed by atoms with Crippen molar-refractivity contribution in [2.75, 3.05) is 6.61 Å². The lowest BCUT2D eigenvalue weighted by molar-refractivity contribution is -0.0333. The second-order valence-electron chi connectivity index (χ2n) is 2.72. The van der Waals surface area contributed by atoms with Gasteiger partial charge in [-0.25, -0.2) is 0 Å². The van der Waals surface area contributed by atoms with Crippen LogP contribution < -0.4 is 0 Å². The molecule has 1 heterocycles. The van der Waals surface area contributed by atoms with Crippen molar-refractivity contribution in [1.29, 1.82) is 0 Å². The molecule has 0 amide bonds. The Bertz CT molecular complexity index is 155. The van der Waals surface area contributed by atoms with E-state index in [1.165, 1.54) is 0 Å². The number of aliphatic hydroxyl groups is 5. The summed E-state index contributed by atoms with van der Waals surface area (Å²) in [4.78, 5) is 0. The highest BCUT2D eigenvalue weighted by Crippen LogP contribution is 2.34. The Morgan fingerprint density at radius 3 is 2.08 bits per heavy atom. The van der Waals surface area contributed by atoms with Crippen LogP contribution in [-0.4, -0.2) is 61.1 Å². The van der Waals surface area contributed by atoms with Crippen LogP contribution in [0.5, 0.6) is 0 Å². The zero-order chi connectivity index (χ0) is 9.30. The van der Waals surface area contributed by atoms with Crippen molar-refractivity contribution in [1.82, 2.24) is 0 Å². The van der Waals surface area contributed by atoms with Crippen molar-refractivity contribution in [3.63, 3.8) is 0 Å². The molecular weight excluding hydrogens is 184 g/mol. The minimum atomic E-state index is -1.25. The molecule has 1 saturated heterocycles. The summed E-state index contributed by atoms with van der Waals surface area (Å²) >= 11 is 0.860. The van der Waals surface area contributed by atoms with E-state index in [1.807, 2.05) is 0 Å². The van der Waals surface area contributed by atoms with Gasteiger partial charge in [0.05, 0.1) is 24.1 Å². The van der Waals surface area contributed by atoms with Crippen LogP contribution in [0.15, 0.2) is 0 Å². The van der Waals surface area contributed by atoms with Gasteiger partial charge in [-0.1, -0.05) is 0 Å². The monoisotopic (exact) mass is 196 g/mol. The van der Waals surface area contributed by atoms with Crippen molar-refractivity contribution in [3.05, 3.63) is 0 Å². The summed E-state index contributed by atoms with van der Waals surface area (Å²) in [6.07, 6.45) is -3.55. The second kappa shape index (κ2) is 3.91. The second-order valence-corrected chi connectivity index (χ2v) is 4.02. The first-order valence-corrected chi connectivity index (χ1v) is 4.50. The van der Waals surface area contributed by atoms with E-state index in [0.717, 1.165) is 11.8 Å². The van der Waals surface area contributed by atoms with E-state index in [9.17, 15) is 5.11 Å². The molecule has 6 heteroatoms. The molecule has 0 radical (unpaired) electrons. The molecule has 72 valence electrons. The van der Waals surface area contributed by atoms with Gasteiger partial charge in [0.15, 0.2) is 0 Å². The summed E-state index contributed by atoms with van der Waals surface area (Å²) in [6.45, 7) is -0.492. The maximum Gasteiger partial charge on any atom is 0.128 e. The van der Waals surface area contributed by atoms with E-state index in [-0.39, 0.29) is 0 Å². The molecule has 1 aliphatic heterocycles. The first kappa shape index (κ1) is 10.2. The summed E-state index contributed by atoms with van der Waals surface area (Å²) < 4.78 is 0. The summed E-state index contributed by atoms with van der Waals surface area (Å²) in [6, 6.07) is 0. The van der Waals surface area contributed by atoms with Crippen molar-refractivity contribution in [2.24, 2.45) is 0 Å². The van der Waals surface area contributed by atoms with Crippen molar-refractivity contribution < 1.29 is 25.5 Å². The first-order chi connectivity index (χ1) is 5.57. The topological polar surface area (TPSA) is 101 Å². The molecule has 0 aromatic carbocycles. The maximum atomic E-state index is 9.23. The van der Waals surface area contributed by atoms with Crippen LogP contribution in [0.2, 0.25) is 0 Å². The fraction of sp³-hybridized carbons (Fsp3) is 1.00. The lowest BCUT2D eigenvalue weighted by Crippen LogP contribution is -2.39. The Kier molecular flexibility index (Phi) is 3.33. The first-order valence-electron chi connectivity index (χ1n) is 3.56. The number of hydrogen-bond donors (Lipinski definition) is 5. The minimum absolute atomic E-state index is 0.492. The Labute approximate surface area is 73.7 Å². The molecule has 0 spiro atoms. The smallest absolute Gasteiger partial charge is 0.128 e. The molecule has 0 aliphatic carbocycles. The predicted octanol–water partition coefficient (Wildman–Crippen LogP) is -2.50. The number of rotatable bonds is 2. The van der Waals surface area contributed by atoms with Gasteiger partial charge >= 0.3 is 0 Å². The van der Waals surface area contributed by atoms with E-state index in [0.29, 0.717) is 0 Å². The third-order valence-electron chi connectivity index (χ3n) is 1.84. The molecule has 1 aliphatic rings. The van der Waals surface area contributed by atoms with Crippen LogP contribution >= 0.6 is 11.8 Å². The van der Waals surface area contributed by atoms with Crippen molar-refractivity contribution >= 4 is 11.8 Å². The molecule has 5 nitrogen and oxygen atoms in total. The number of thioether (sulfide) groups is 1. The van der Waals surface area contributed by atoms with Crippen LogP contribution in [0.4, 0.5) is 0 Å². The highest BCUT2D eigenvalue weighted by atomic mass is 32.2. The van der Waals surface area contributed by atoms with Gasteiger partial charge < -0.3 is 25.5 Å². The third-order valence-corrected chi connectivity index (χ3v) is 3.31. The average molecular weight is 196 g/mol. The Balaban J connectivity index is 2.58. The number of aliphatic hydroxyl groups excluding tert-OH is 5. The van der Waals surface area contributed by atoms with Crippen LogP contribution in [0.3, 0.4) is 0 Å². The summed E-state index contributed by atoms with van der Waals surface area (Å²) in [7, 11) is 0. The predicted molar refractivity (Wildman–Crippen MR) is 42.5 cm³/mol. The quantitative estimate of drug-likeness (QED) is 0.334. The molecule has 1 rings (SSSR count). The molecule has 1 fully saturated rings. The number of hydrogen-bond acceptors (Lipinski definition) is 6. The summed E-state index contributed by atoms with van der Waals surface area (Å²) in [5, 5.41) is 44.3. The van der Waals surface area contributed by atoms with Crippen LogP contribution in [-0.2, 0) is 0 Å². The maximum absolute atomic E-state index is 9.23. The Morgan fingerprint density at radius 2 is 1.75 bits per heavy atom. The van der Waals surface area contributed by atoms with E-state index in [4.69, 9.17) is 20.4 Å². The van der Waals surface area contributed by atoms with Gasteiger partial charge in [-0.2, -0.15) is 0 Å². The van der Waals surface area contributed by atoms with Gasteiger partial charge in [0, 0.05) is 0 Å². The molecule has 0 saturated carbocycles. The van der Waals surface area contributed by atoms with E-state index < -0.39 is 35.6 Å². The van der Waals surface area contributed by atoms with E-state index in [2.05, 4.69) is 0 Å². The molecule has 1 unspecified atom stereocenters. The Hall–Kier alpha value is 0.150. The lowest BCUT2D eigenvalue weighted by atomic mass is 10.1. The molecule has 5 N–H and O–H groups in total. The van der Waals surface area contributed by atoms with Gasteiger partial charge in [0.25, 0.3) is 0 Å². The third kappa shape index (κ3) is 1.73. The van der Waals surface area contributed by atoms with Gasteiger partial charge in [-0.3, -0.25) is 0 Å². The van der Waals surface area contributed by atoms with Gasteiger partial charge in [0.2, 0.25) is 0 Å². The van der Waals surface area contributed by atoms with Gasteiger partial charge in [-0.15, -0.1) is 11.8 Å². The minimum Gasteiger partial charge on any atom is -0.394 e. The normalized spacial score (nSPS) is 44.8. The van der Waals surface area contributed by atoms with Crippen LogP contribution in [0.1, 0.15) is 0 Å². The average Bonchev–Trinajstić information content (AvgIpc) is 2.32. The SMILES string of the molecule is OC[C@@H](O)[C@H]1SC(O)[C@@H](O)[C@H]1O. The fourth-order valence-corrected chi connectivity index (χ4v) is 2.34. The summed E-state index contributed by atoms with van der Waals surface area (Å²) in [5.41, 5.74) is -1.09. The molecular formula is C6H12O5S. The Morgan fingerprint density at radius 1 is 1.17 bits per heavy atom. The van der Waals surface area contributed by atoms with Crippen molar-refractivity contribution in [2.45, 2.75) is 29.0 Å².